The summed E-state index contributed by atoms with van der Waals surface area (Å²) in [7, 11) is 1.79. The first-order chi connectivity index (χ1) is 12.2. The first kappa shape index (κ1) is 15.1. The second-order valence-electron chi connectivity index (χ2n) is 5.86. The van der Waals surface area contributed by atoms with Crippen LogP contribution < -0.4 is 5.32 Å². The average molecular weight is 331 g/mol. The molecule has 0 aliphatic rings. The van der Waals surface area contributed by atoms with Crippen LogP contribution in [0.3, 0.4) is 0 Å². The number of imidazole rings is 1. The summed E-state index contributed by atoms with van der Waals surface area (Å²) >= 11 is 0. The Balaban J connectivity index is 1.48. The van der Waals surface area contributed by atoms with Crippen LogP contribution >= 0.6 is 0 Å². The zero-order valence-corrected chi connectivity index (χ0v) is 13.8. The van der Waals surface area contributed by atoms with Gasteiger partial charge in [-0.3, -0.25) is 14.0 Å². The molecule has 25 heavy (non-hydrogen) atoms. The van der Waals surface area contributed by atoms with Crippen molar-refractivity contribution in [2.45, 2.75) is 6.54 Å². The van der Waals surface area contributed by atoms with Crippen molar-refractivity contribution in [2.75, 3.05) is 0 Å². The monoisotopic (exact) mass is 331 g/mol. The number of amides is 1. The van der Waals surface area contributed by atoms with Crippen LogP contribution in [-0.4, -0.2) is 25.2 Å². The zero-order chi connectivity index (χ0) is 17.2. The fourth-order valence-electron chi connectivity index (χ4n) is 2.76. The molecule has 124 valence electrons. The fraction of sp³-hybridized carbons (Fsp3) is 0.105. The molecule has 2 aromatic heterocycles. The number of rotatable bonds is 4. The molecule has 0 radical (unpaired) electrons. The Morgan fingerprint density at radius 3 is 2.68 bits per heavy atom. The van der Waals surface area contributed by atoms with E-state index in [0.717, 1.165) is 22.3 Å². The molecule has 4 aromatic rings. The number of aryl methyl sites for hydroxylation is 1. The average Bonchev–Trinajstić information content (AvgIpc) is 3.26. The van der Waals surface area contributed by atoms with E-state index in [4.69, 9.17) is 0 Å². The third-order valence-electron chi connectivity index (χ3n) is 4.09. The lowest BCUT2D eigenvalue weighted by Crippen LogP contribution is -2.22. The summed E-state index contributed by atoms with van der Waals surface area (Å²) in [5, 5.41) is 6.91. The van der Waals surface area contributed by atoms with E-state index in [1.807, 2.05) is 59.4 Å². The second kappa shape index (κ2) is 6.24. The van der Waals surface area contributed by atoms with Crippen molar-refractivity contribution < 1.29 is 4.79 Å². The Morgan fingerprint density at radius 2 is 1.92 bits per heavy atom. The summed E-state index contributed by atoms with van der Waals surface area (Å²) in [6, 6.07) is 16.1. The number of para-hydroxylation sites is 2. The number of hydrogen-bond donors (Lipinski definition) is 1. The first-order valence-electron chi connectivity index (χ1n) is 7.99. The quantitative estimate of drug-likeness (QED) is 0.625. The van der Waals surface area contributed by atoms with Gasteiger partial charge in [-0.05, 0) is 29.8 Å². The van der Waals surface area contributed by atoms with E-state index in [2.05, 4.69) is 15.4 Å². The maximum Gasteiger partial charge on any atom is 0.254 e. The van der Waals surface area contributed by atoms with Crippen LogP contribution in [0.5, 0.6) is 0 Å². The van der Waals surface area contributed by atoms with Gasteiger partial charge in [-0.15, -0.1) is 0 Å². The van der Waals surface area contributed by atoms with Crippen molar-refractivity contribution in [1.29, 1.82) is 0 Å². The molecule has 0 atom stereocenters. The molecule has 0 bridgehead atoms. The number of carbonyl (C=O) groups excluding carboxylic acids is 1. The zero-order valence-electron chi connectivity index (χ0n) is 13.8. The molecule has 2 aromatic carbocycles. The number of nitrogens with one attached hydrogen (secondary N) is 1. The van der Waals surface area contributed by atoms with Crippen LogP contribution in [-0.2, 0) is 13.6 Å². The molecule has 0 fully saturated rings. The fourth-order valence-corrected chi connectivity index (χ4v) is 2.76. The smallest absolute Gasteiger partial charge is 0.254 e. The molecule has 6 nitrogen and oxygen atoms in total. The van der Waals surface area contributed by atoms with E-state index < -0.39 is 0 Å². The highest BCUT2D eigenvalue weighted by Crippen LogP contribution is 2.18. The van der Waals surface area contributed by atoms with E-state index in [0.29, 0.717) is 12.1 Å². The van der Waals surface area contributed by atoms with E-state index in [1.165, 1.54) is 0 Å². The van der Waals surface area contributed by atoms with Crippen molar-refractivity contribution in [3.05, 3.63) is 78.4 Å². The molecule has 0 unspecified atom stereocenters. The van der Waals surface area contributed by atoms with E-state index in [1.54, 1.807) is 24.1 Å². The molecule has 0 saturated carbocycles. The summed E-state index contributed by atoms with van der Waals surface area (Å²) < 4.78 is 3.66. The minimum absolute atomic E-state index is 0.127. The summed E-state index contributed by atoms with van der Waals surface area (Å²) in [6.07, 6.45) is 5.08. The van der Waals surface area contributed by atoms with Gasteiger partial charge in [-0.25, -0.2) is 4.98 Å². The SMILES string of the molecule is Cn1cc(C(=O)NCc2ccc(-n3cnc4ccccc43)cc2)cn1. The van der Waals surface area contributed by atoms with Crippen molar-refractivity contribution in [2.24, 2.45) is 7.05 Å². The maximum absolute atomic E-state index is 12.1. The Kier molecular flexibility index (Phi) is 3.78. The Bertz CT molecular complexity index is 1030. The van der Waals surface area contributed by atoms with Crippen LogP contribution in [0.15, 0.2) is 67.3 Å². The van der Waals surface area contributed by atoms with Gasteiger partial charge in [-0.1, -0.05) is 24.3 Å². The van der Waals surface area contributed by atoms with Gasteiger partial charge in [0.1, 0.15) is 6.33 Å². The Morgan fingerprint density at radius 1 is 1.12 bits per heavy atom. The third kappa shape index (κ3) is 3.01. The van der Waals surface area contributed by atoms with Gasteiger partial charge in [0.2, 0.25) is 0 Å². The van der Waals surface area contributed by atoms with Crippen LogP contribution in [0.25, 0.3) is 16.7 Å². The molecule has 0 aliphatic heterocycles. The van der Waals surface area contributed by atoms with Crippen LogP contribution in [0.4, 0.5) is 0 Å². The highest BCUT2D eigenvalue weighted by Gasteiger charge is 2.08. The van der Waals surface area contributed by atoms with Crippen LogP contribution in [0, 0.1) is 0 Å². The lowest BCUT2D eigenvalue weighted by Gasteiger charge is -2.07. The highest BCUT2D eigenvalue weighted by atomic mass is 16.1. The topological polar surface area (TPSA) is 64.7 Å². The molecule has 0 saturated heterocycles. The van der Waals surface area contributed by atoms with E-state index in [9.17, 15) is 4.79 Å². The van der Waals surface area contributed by atoms with Gasteiger partial charge < -0.3 is 5.32 Å². The van der Waals surface area contributed by atoms with Crippen molar-refractivity contribution in [3.63, 3.8) is 0 Å². The number of aromatic nitrogens is 4. The largest absolute Gasteiger partial charge is 0.348 e. The molecule has 1 N–H and O–H groups in total. The highest BCUT2D eigenvalue weighted by molar-refractivity contribution is 5.93. The number of carbonyl (C=O) groups is 1. The van der Waals surface area contributed by atoms with Gasteiger partial charge in [0.05, 0.1) is 22.8 Å². The first-order valence-corrected chi connectivity index (χ1v) is 7.99. The minimum Gasteiger partial charge on any atom is -0.348 e. The third-order valence-corrected chi connectivity index (χ3v) is 4.09. The summed E-state index contributed by atoms with van der Waals surface area (Å²) in [6.45, 7) is 0.471. The van der Waals surface area contributed by atoms with Gasteiger partial charge in [0, 0.05) is 25.5 Å². The normalized spacial score (nSPS) is 10.9. The lowest BCUT2D eigenvalue weighted by molar-refractivity contribution is 0.0951. The number of hydrogen-bond acceptors (Lipinski definition) is 3. The number of benzene rings is 2. The molecule has 4 rings (SSSR count). The van der Waals surface area contributed by atoms with Crippen LogP contribution in [0.1, 0.15) is 15.9 Å². The molecular weight excluding hydrogens is 314 g/mol. The maximum atomic E-state index is 12.1. The van der Waals surface area contributed by atoms with Crippen molar-refractivity contribution in [3.8, 4) is 5.69 Å². The predicted molar refractivity (Wildman–Crippen MR) is 95.4 cm³/mol. The van der Waals surface area contributed by atoms with Crippen LogP contribution in [0.2, 0.25) is 0 Å². The van der Waals surface area contributed by atoms with Crippen molar-refractivity contribution in [1.82, 2.24) is 24.6 Å². The van der Waals surface area contributed by atoms with Gasteiger partial charge in [0.15, 0.2) is 0 Å². The van der Waals surface area contributed by atoms with Gasteiger partial charge >= 0.3 is 0 Å². The summed E-state index contributed by atoms with van der Waals surface area (Å²) in [4.78, 5) is 16.5. The van der Waals surface area contributed by atoms with E-state index >= 15 is 0 Å². The Hall–Kier alpha value is -3.41. The molecule has 0 spiro atoms. The second-order valence-corrected chi connectivity index (χ2v) is 5.86. The van der Waals surface area contributed by atoms with Gasteiger partial charge in [-0.2, -0.15) is 5.10 Å². The van der Waals surface area contributed by atoms with E-state index in [-0.39, 0.29) is 5.91 Å². The molecule has 1 amide bonds. The van der Waals surface area contributed by atoms with Gasteiger partial charge in [0.25, 0.3) is 5.91 Å². The van der Waals surface area contributed by atoms with Crippen molar-refractivity contribution >= 4 is 16.9 Å². The molecule has 0 aliphatic carbocycles. The number of nitrogens with zero attached hydrogens (tertiary/aromatic N) is 4. The standard InChI is InChI=1S/C19H17N5O/c1-23-12-15(11-22-23)19(25)20-10-14-6-8-16(9-7-14)24-13-21-17-4-2-3-5-18(17)24/h2-9,11-13H,10H2,1H3,(H,20,25). The molecule has 2 heterocycles. The molecule has 6 heteroatoms. The predicted octanol–water partition coefficient (Wildman–Crippen LogP) is 2.69. The summed E-state index contributed by atoms with van der Waals surface area (Å²) in [5.74, 6) is -0.127. The minimum atomic E-state index is -0.127. The lowest BCUT2D eigenvalue weighted by atomic mass is 10.2. The molecular formula is C19H17N5O. The Labute approximate surface area is 144 Å². The summed E-state index contributed by atoms with van der Waals surface area (Å²) in [5.41, 5.74) is 4.67. The number of fused-ring (bicyclic) bond motifs is 1.